The fraction of sp³-hybridized carbons (Fsp3) is 0.545. The van der Waals surface area contributed by atoms with Crippen LogP contribution in [0.2, 0.25) is 0 Å². The Morgan fingerprint density at radius 3 is 3.11 bits per heavy atom. The third-order valence-corrected chi connectivity index (χ3v) is 2.39. The van der Waals surface area contributed by atoms with E-state index in [1.165, 1.54) is 0 Å². The summed E-state index contributed by atoms with van der Waals surface area (Å²) in [4.78, 5) is 0. The van der Waals surface area contributed by atoms with Gasteiger partial charge in [0.2, 0.25) is 5.88 Å². The van der Waals surface area contributed by atoms with Crippen molar-refractivity contribution in [1.29, 1.82) is 0 Å². The lowest BCUT2D eigenvalue weighted by Crippen LogP contribution is -2.12. The van der Waals surface area contributed by atoms with Crippen molar-refractivity contribution in [2.45, 2.75) is 26.9 Å². The average molecular weight is 250 g/mol. The predicted octanol–water partition coefficient (Wildman–Crippen LogP) is 0.498. The number of nitrogens with one attached hydrogen (secondary N) is 2. The minimum atomic E-state index is 0.522. The van der Waals surface area contributed by atoms with Crippen LogP contribution >= 0.6 is 0 Å². The second-order valence-corrected chi connectivity index (χ2v) is 3.99. The first-order valence-corrected chi connectivity index (χ1v) is 6.02. The maximum Gasteiger partial charge on any atom is 0.232 e. The van der Waals surface area contributed by atoms with Crippen LogP contribution in [0.25, 0.3) is 0 Å². The van der Waals surface area contributed by atoms with Crippen LogP contribution < -0.4 is 10.1 Å². The van der Waals surface area contributed by atoms with E-state index in [1.54, 1.807) is 4.68 Å². The van der Waals surface area contributed by atoms with E-state index in [9.17, 15) is 0 Å². The van der Waals surface area contributed by atoms with Crippen LogP contribution in [-0.4, -0.2) is 38.3 Å². The summed E-state index contributed by atoms with van der Waals surface area (Å²) in [5.41, 5.74) is 1.92. The maximum atomic E-state index is 5.47. The molecule has 0 fully saturated rings. The number of aryl methyl sites for hydroxylation is 1. The molecule has 0 radical (unpaired) electrons. The molecule has 2 N–H and O–H groups in total. The molecule has 0 atom stereocenters. The largest absolute Gasteiger partial charge is 0.475 e. The quantitative estimate of drug-likeness (QED) is 0.748. The van der Waals surface area contributed by atoms with Crippen molar-refractivity contribution >= 4 is 0 Å². The van der Waals surface area contributed by atoms with Crippen LogP contribution in [0, 0.1) is 6.92 Å². The van der Waals surface area contributed by atoms with Crippen LogP contribution in [0.5, 0.6) is 5.88 Å². The molecular weight excluding hydrogens is 232 g/mol. The second kappa shape index (κ2) is 6.15. The molecule has 0 spiro atoms. The molecule has 18 heavy (non-hydrogen) atoms. The standard InChI is InChI=1S/C11H18N6O/c1-3-12-7-10-8-17(16-14-10)4-5-18-11-6-9(2)13-15-11/h6,8,12H,3-5,7H2,1-2H3,(H,13,15). The number of ether oxygens (including phenoxy) is 1. The number of H-pyrrole nitrogens is 1. The van der Waals surface area contributed by atoms with Gasteiger partial charge in [-0.2, -0.15) is 0 Å². The lowest BCUT2D eigenvalue weighted by molar-refractivity contribution is 0.279. The van der Waals surface area contributed by atoms with Crippen LogP contribution in [0.1, 0.15) is 18.3 Å². The fourth-order valence-corrected chi connectivity index (χ4v) is 1.49. The molecule has 98 valence electrons. The van der Waals surface area contributed by atoms with Gasteiger partial charge >= 0.3 is 0 Å². The highest BCUT2D eigenvalue weighted by atomic mass is 16.5. The summed E-state index contributed by atoms with van der Waals surface area (Å²) in [5.74, 6) is 0.612. The highest BCUT2D eigenvalue weighted by Gasteiger charge is 2.01. The molecule has 0 aromatic carbocycles. The van der Waals surface area contributed by atoms with E-state index in [2.05, 4.69) is 32.7 Å². The smallest absolute Gasteiger partial charge is 0.232 e. The molecule has 0 unspecified atom stereocenters. The maximum absolute atomic E-state index is 5.47. The van der Waals surface area contributed by atoms with Gasteiger partial charge in [-0.1, -0.05) is 12.1 Å². The Morgan fingerprint density at radius 2 is 2.39 bits per heavy atom. The summed E-state index contributed by atoms with van der Waals surface area (Å²) < 4.78 is 7.24. The molecule has 7 nitrogen and oxygen atoms in total. The van der Waals surface area contributed by atoms with E-state index in [1.807, 2.05) is 19.2 Å². The zero-order valence-electron chi connectivity index (χ0n) is 10.7. The van der Waals surface area contributed by atoms with Gasteiger partial charge < -0.3 is 10.1 Å². The monoisotopic (exact) mass is 250 g/mol. The molecule has 0 bridgehead atoms. The van der Waals surface area contributed by atoms with Crippen molar-refractivity contribution in [3.8, 4) is 5.88 Å². The SMILES string of the molecule is CCNCc1cn(CCOc2cc(C)[nH]n2)nn1. The van der Waals surface area contributed by atoms with E-state index < -0.39 is 0 Å². The third-order valence-electron chi connectivity index (χ3n) is 2.39. The van der Waals surface area contributed by atoms with Gasteiger partial charge in [-0.15, -0.1) is 10.2 Å². The zero-order valence-corrected chi connectivity index (χ0v) is 10.7. The van der Waals surface area contributed by atoms with E-state index >= 15 is 0 Å². The molecular formula is C11H18N6O. The zero-order chi connectivity index (χ0) is 12.8. The molecule has 0 amide bonds. The van der Waals surface area contributed by atoms with Crippen LogP contribution in [0.4, 0.5) is 0 Å². The second-order valence-electron chi connectivity index (χ2n) is 3.99. The summed E-state index contributed by atoms with van der Waals surface area (Å²) in [5, 5.41) is 18.1. The van der Waals surface area contributed by atoms with Crippen molar-refractivity contribution in [3.63, 3.8) is 0 Å². The molecule has 0 aliphatic heterocycles. The van der Waals surface area contributed by atoms with Crippen molar-refractivity contribution < 1.29 is 4.74 Å². The summed E-state index contributed by atoms with van der Waals surface area (Å²) in [6.07, 6.45) is 1.92. The van der Waals surface area contributed by atoms with Crippen LogP contribution in [0.15, 0.2) is 12.3 Å². The third kappa shape index (κ3) is 3.56. The van der Waals surface area contributed by atoms with Gasteiger partial charge in [0, 0.05) is 24.5 Å². The van der Waals surface area contributed by atoms with E-state index in [0.717, 1.165) is 24.5 Å². The van der Waals surface area contributed by atoms with Crippen molar-refractivity contribution in [2.24, 2.45) is 0 Å². The molecule has 7 heteroatoms. The Labute approximate surface area is 106 Å². The van der Waals surface area contributed by atoms with Gasteiger partial charge in [-0.3, -0.25) is 5.10 Å². The van der Waals surface area contributed by atoms with Gasteiger partial charge in [0.25, 0.3) is 0 Å². The summed E-state index contributed by atoms with van der Waals surface area (Å²) in [7, 11) is 0. The van der Waals surface area contributed by atoms with Gasteiger partial charge in [0.15, 0.2) is 0 Å². The Hall–Kier alpha value is -1.89. The van der Waals surface area contributed by atoms with Crippen LogP contribution in [0.3, 0.4) is 0 Å². The number of nitrogens with zero attached hydrogens (tertiary/aromatic N) is 4. The van der Waals surface area contributed by atoms with Crippen molar-refractivity contribution in [3.05, 3.63) is 23.7 Å². The summed E-state index contributed by atoms with van der Waals surface area (Å²) >= 11 is 0. The molecule has 0 aliphatic carbocycles. The van der Waals surface area contributed by atoms with Gasteiger partial charge in [0.1, 0.15) is 6.61 Å². The first kappa shape index (κ1) is 12.6. The van der Waals surface area contributed by atoms with Gasteiger partial charge in [-0.25, -0.2) is 4.68 Å². The fourth-order valence-electron chi connectivity index (χ4n) is 1.49. The lowest BCUT2D eigenvalue weighted by Gasteiger charge is -2.01. The molecule has 2 rings (SSSR count). The number of aromatic nitrogens is 5. The molecule has 2 aromatic rings. The summed E-state index contributed by atoms with van der Waals surface area (Å²) in [6.45, 7) is 6.85. The highest BCUT2D eigenvalue weighted by Crippen LogP contribution is 2.06. The number of aromatic amines is 1. The van der Waals surface area contributed by atoms with E-state index in [0.29, 0.717) is 19.0 Å². The molecule has 0 aliphatic rings. The minimum Gasteiger partial charge on any atom is -0.475 e. The number of hydrogen-bond donors (Lipinski definition) is 2. The lowest BCUT2D eigenvalue weighted by atomic mass is 10.4. The van der Waals surface area contributed by atoms with Gasteiger partial charge in [0.05, 0.1) is 12.2 Å². The van der Waals surface area contributed by atoms with Crippen molar-refractivity contribution in [1.82, 2.24) is 30.5 Å². The highest BCUT2D eigenvalue weighted by molar-refractivity contribution is 5.12. The Bertz CT molecular complexity index is 477. The van der Waals surface area contributed by atoms with Gasteiger partial charge in [-0.05, 0) is 13.5 Å². The number of rotatable bonds is 7. The summed E-state index contributed by atoms with van der Waals surface area (Å²) in [6, 6.07) is 1.86. The molecule has 0 saturated carbocycles. The topological polar surface area (TPSA) is 80.7 Å². The Kier molecular flexibility index (Phi) is 4.30. The average Bonchev–Trinajstić information content (AvgIpc) is 2.96. The normalized spacial score (nSPS) is 10.8. The van der Waals surface area contributed by atoms with Crippen molar-refractivity contribution in [2.75, 3.05) is 13.2 Å². The molecule has 2 heterocycles. The Balaban J connectivity index is 1.74. The predicted molar refractivity (Wildman–Crippen MR) is 66.2 cm³/mol. The first-order chi connectivity index (χ1) is 8.78. The molecule has 2 aromatic heterocycles. The minimum absolute atomic E-state index is 0.522. The first-order valence-electron chi connectivity index (χ1n) is 6.02. The van der Waals surface area contributed by atoms with Crippen LogP contribution in [-0.2, 0) is 13.1 Å². The van der Waals surface area contributed by atoms with E-state index in [-0.39, 0.29) is 0 Å². The Morgan fingerprint density at radius 1 is 1.50 bits per heavy atom. The molecule has 0 saturated heterocycles. The number of hydrogen-bond acceptors (Lipinski definition) is 5. The van der Waals surface area contributed by atoms with E-state index in [4.69, 9.17) is 4.74 Å².